The van der Waals surface area contributed by atoms with Gasteiger partial charge in [-0.3, -0.25) is 0 Å². The molecule has 0 bridgehead atoms. The molecule has 0 fully saturated rings. The minimum atomic E-state index is -0.862. The number of thiophene rings is 1. The topological polar surface area (TPSA) is 20.2 Å². The van der Waals surface area contributed by atoms with Crippen LogP contribution in [0.25, 0.3) is 0 Å². The van der Waals surface area contributed by atoms with Crippen molar-refractivity contribution in [2.75, 3.05) is 5.88 Å². The fraction of sp³-hybridized carbons (Fsp3) is 0.375. The Labute approximate surface area is 123 Å². The molecule has 0 aliphatic heterocycles. The van der Waals surface area contributed by atoms with Crippen molar-refractivity contribution >= 4 is 22.9 Å². The molecule has 0 amide bonds. The van der Waals surface area contributed by atoms with Gasteiger partial charge in [0, 0.05) is 22.1 Å². The molecule has 1 N–H and O–H groups in total. The van der Waals surface area contributed by atoms with Crippen LogP contribution in [0.5, 0.6) is 0 Å². The van der Waals surface area contributed by atoms with Gasteiger partial charge in [-0.2, -0.15) is 0 Å². The zero-order valence-electron chi connectivity index (χ0n) is 11.1. The molecular formula is C16H19ClOS. The van der Waals surface area contributed by atoms with Crippen LogP contribution in [-0.4, -0.2) is 11.0 Å². The van der Waals surface area contributed by atoms with E-state index in [0.29, 0.717) is 18.7 Å². The van der Waals surface area contributed by atoms with Gasteiger partial charge in [0.2, 0.25) is 0 Å². The third-order valence-electron chi connectivity index (χ3n) is 3.35. The number of rotatable bonds is 6. The highest BCUT2D eigenvalue weighted by Gasteiger charge is 2.29. The van der Waals surface area contributed by atoms with Crippen LogP contribution in [0.3, 0.4) is 0 Å². The number of halogens is 1. The Morgan fingerprint density at radius 3 is 2.37 bits per heavy atom. The lowest BCUT2D eigenvalue weighted by Gasteiger charge is -2.27. The number of hydrogen-bond donors (Lipinski definition) is 1. The molecule has 0 radical (unpaired) electrons. The molecule has 0 saturated heterocycles. The quantitative estimate of drug-likeness (QED) is 0.784. The molecule has 1 heterocycles. The van der Waals surface area contributed by atoms with Gasteiger partial charge in [0.25, 0.3) is 0 Å². The summed E-state index contributed by atoms with van der Waals surface area (Å²) in [4.78, 5) is 2.57. The van der Waals surface area contributed by atoms with E-state index in [1.54, 1.807) is 11.3 Å². The van der Waals surface area contributed by atoms with Crippen LogP contribution in [0.2, 0.25) is 0 Å². The fourth-order valence-corrected chi connectivity index (χ4v) is 3.61. The molecule has 0 spiro atoms. The highest BCUT2D eigenvalue weighted by atomic mass is 35.5. The summed E-state index contributed by atoms with van der Waals surface area (Å²) in [6.45, 7) is 2.15. The van der Waals surface area contributed by atoms with Gasteiger partial charge in [-0.1, -0.05) is 37.3 Å². The van der Waals surface area contributed by atoms with E-state index < -0.39 is 5.60 Å². The van der Waals surface area contributed by atoms with Crippen molar-refractivity contribution in [2.24, 2.45) is 0 Å². The van der Waals surface area contributed by atoms with Gasteiger partial charge < -0.3 is 5.11 Å². The van der Waals surface area contributed by atoms with Crippen LogP contribution >= 0.6 is 22.9 Å². The molecule has 0 aliphatic rings. The largest absolute Gasteiger partial charge is 0.385 e. The van der Waals surface area contributed by atoms with Crippen molar-refractivity contribution in [1.82, 2.24) is 0 Å². The summed E-state index contributed by atoms with van der Waals surface area (Å²) in [6, 6.07) is 14.1. The van der Waals surface area contributed by atoms with Crippen molar-refractivity contribution in [3.63, 3.8) is 0 Å². The average Bonchev–Trinajstić information content (AvgIpc) is 2.87. The summed E-state index contributed by atoms with van der Waals surface area (Å²) in [5.74, 6) is 0.456. The summed E-state index contributed by atoms with van der Waals surface area (Å²) >= 11 is 7.66. The molecule has 1 nitrogen and oxygen atoms in total. The normalized spacial score (nSPS) is 14.3. The van der Waals surface area contributed by atoms with E-state index in [9.17, 15) is 5.11 Å². The maximum absolute atomic E-state index is 10.9. The fourth-order valence-electron chi connectivity index (χ4n) is 2.24. The molecule has 0 aliphatic carbocycles. The second-order valence-electron chi connectivity index (χ2n) is 4.73. The molecule has 2 aromatic rings. The Morgan fingerprint density at radius 1 is 1.11 bits per heavy atom. The molecular weight excluding hydrogens is 276 g/mol. The third-order valence-corrected chi connectivity index (χ3v) is 4.77. The number of benzene rings is 1. The first-order chi connectivity index (χ1) is 9.18. The van der Waals surface area contributed by atoms with Gasteiger partial charge in [0.15, 0.2) is 0 Å². The maximum atomic E-state index is 10.9. The summed E-state index contributed by atoms with van der Waals surface area (Å²) in [5, 5.41) is 10.9. The van der Waals surface area contributed by atoms with Crippen LogP contribution < -0.4 is 0 Å². The monoisotopic (exact) mass is 294 g/mol. The minimum absolute atomic E-state index is 0.456. The van der Waals surface area contributed by atoms with E-state index in [0.717, 1.165) is 12.0 Å². The molecule has 19 heavy (non-hydrogen) atoms. The zero-order chi connectivity index (χ0) is 13.7. The van der Waals surface area contributed by atoms with Crippen molar-refractivity contribution in [2.45, 2.75) is 31.8 Å². The van der Waals surface area contributed by atoms with Gasteiger partial charge in [-0.05, 0) is 30.5 Å². The van der Waals surface area contributed by atoms with E-state index in [1.807, 2.05) is 30.3 Å². The molecule has 1 aromatic heterocycles. The second-order valence-corrected chi connectivity index (χ2v) is 6.37. The lowest BCUT2D eigenvalue weighted by atomic mass is 9.87. The zero-order valence-corrected chi connectivity index (χ0v) is 12.7. The first-order valence-electron chi connectivity index (χ1n) is 6.59. The Hall–Kier alpha value is -0.830. The van der Waals surface area contributed by atoms with Crippen molar-refractivity contribution in [3.05, 3.63) is 57.8 Å². The summed E-state index contributed by atoms with van der Waals surface area (Å²) in [6.07, 6.45) is 2.25. The lowest BCUT2D eigenvalue weighted by molar-refractivity contribution is 0.0344. The van der Waals surface area contributed by atoms with E-state index in [-0.39, 0.29) is 0 Å². The molecule has 1 atom stereocenters. The van der Waals surface area contributed by atoms with Gasteiger partial charge in [-0.25, -0.2) is 0 Å². The first kappa shape index (κ1) is 14.6. The molecule has 1 unspecified atom stereocenters. The lowest BCUT2D eigenvalue weighted by Crippen LogP contribution is -2.28. The third kappa shape index (κ3) is 3.59. The van der Waals surface area contributed by atoms with Gasteiger partial charge in [0.1, 0.15) is 0 Å². The van der Waals surface area contributed by atoms with Crippen LogP contribution in [0.4, 0.5) is 0 Å². The van der Waals surface area contributed by atoms with Crippen LogP contribution in [-0.2, 0) is 18.4 Å². The predicted molar refractivity (Wildman–Crippen MR) is 83.1 cm³/mol. The number of alkyl halides is 1. The van der Waals surface area contributed by atoms with Crippen LogP contribution in [0, 0.1) is 0 Å². The Bertz CT molecular complexity index is 508. The van der Waals surface area contributed by atoms with Crippen molar-refractivity contribution < 1.29 is 5.11 Å². The molecule has 3 heteroatoms. The molecule has 0 saturated carbocycles. The number of aliphatic hydroxyl groups is 1. The first-order valence-corrected chi connectivity index (χ1v) is 7.94. The SMILES string of the molecule is CCc1ccc(CC(O)(CCCl)c2ccccc2)s1. The predicted octanol–water partition coefficient (Wildman–Crippen LogP) is 4.37. The standard InChI is InChI=1S/C16H19ClOS/c1-2-14-8-9-15(19-14)12-16(18,10-11-17)13-6-4-3-5-7-13/h3-9,18H,2,10-12H2,1H3. The highest BCUT2D eigenvalue weighted by Crippen LogP contribution is 2.32. The Kier molecular flexibility index (Phi) is 5.03. The van der Waals surface area contributed by atoms with Gasteiger partial charge in [-0.15, -0.1) is 22.9 Å². The second kappa shape index (κ2) is 6.56. The van der Waals surface area contributed by atoms with Gasteiger partial charge in [0.05, 0.1) is 5.60 Å². The summed E-state index contributed by atoms with van der Waals surface area (Å²) in [7, 11) is 0. The van der Waals surface area contributed by atoms with Gasteiger partial charge >= 0.3 is 0 Å². The Morgan fingerprint density at radius 2 is 1.79 bits per heavy atom. The van der Waals surface area contributed by atoms with E-state index in [1.165, 1.54) is 9.75 Å². The van der Waals surface area contributed by atoms with Crippen LogP contribution in [0.15, 0.2) is 42.5 Å². The van der Waals surface area contributed by atoms with Crippen molar-refractivity contribution in [3.8, 4) is 0 Å². The highest BCUT2D eigenvalue weighted by molar-refractivity contribution is 7.12. The summed E-state index contributed by atoms with van der Waals surface area (Å²) < 4.78 is 0. The van der Waals surface area contributed by atoms with E-state index in [2.05, 4.69) is 19.1 Å². The number of hydrogen-bond acceptors (Lipinski definition) is 2. The molecule has 102 valence electrons. The smallest absolute Gasteiger partial charge is 0.0955 e. The average molecular weight is 295 g/mol. The van der Waals surface area contributed by atoms with E-state index >= 15 is 0 Å². The summed E-state index contributed by atoms with van der Waals surface area (Å²) in [5.41, 5.74) is 0.0842. The van der Waals surface area contributed by atoms with Crippen molar-refractivity contribution in [1.29, 1.82) is 0 Å². The van der Waals surface area contributed by atoms with Crippen LogP contribution in [0.1, 0.15) is 28.7 Å². The maximum Gasteiger partial charge on any atom is 0.0955 e. The molecule has 2 rings (SSSR count). The Balaban J connectivity index is 2.24. The number of aryl methyl sites for hydroxylation is 1. The van der Waals surface area contributed by atoms with E-state index in [4.69, 9.17) is 11.6 Å². The molecule has 1 aromatic carbocycles. The minimum Gasteiger partial charge on any atom is -0.385 e.